The summed E-state index contributed by atoms with van der Waals surface area (Å²) in [7, 11) is 0. The molecule has 0 spiro atoms. The number of aromatic nitrogens is 1. The number of pyridine rings is 1. The Balaban J connectivity index is 3.28. The maximum absolute atomic E-state index is 12.9. The Morgan fingerprint density at radius 2 is 2.07 bits per heavy atom. The average Bonchev–Trinajstić information content (AvgIpc) is 2.10. The van der Waals surface area contributed by atoms with Crippen LogP contribution in [0.3, 0.4) is 0 Å². The van der Waals surface area contributed by atoms with E-state index in [0.717, 1.165) is 22.9 Å². The van der Waals surface area contributed by atoms with Gasteiger partial charge in [0.25, 0.3) is 5.56 Å². The molecule has 0 amide bonds. The van der Waals surface area contributed by atoms with E-state index in [0.29, 0.717) is 0 Å². The van der Waals surface area contributed by atoms with Crippen LogP contribution in [0.4, 0.5) is 4.39 Å². The van der Waals surface area contributed by atoms with Crippen LogP contribution in [0.5, 0.6) is 0 Å². The molecule has 1 aromatic heterocycles. The van der Waals surface area contributed by atoms with Gasteiger partial charge in [-0.2, -0.15) is 0 Å². The zero-order valence-electron chi connectivity index (χ0n) is 8.48. The summed E-state index contributed by atoms with van der Waals surface area (Å²) >= 11 is 0. The van der Waals surface area contributed by atoms with Crippen molar-refractivity contribution >= 4 is 5.97 Å². The lowest BCUT2D eigenvalue weighted by atomic mass is 10.0. The predicted octanol–water partition coefficient (Wildman–Crippen LogP) is 1.27. The first kappa shape index (κ1) is 11.4. The molecule has 1 N–H and O–H groups in total. The highest BCUT2D eigenvalue weighted by molar-refractivity contribution is 5.72. The molecule has 15 heavy (non-hydrogen) atoms. The van der Waals surface area contributed by atoms with Crippen molar-refractivity contribution in [2.45, 2.75) is 19.9 Å². The van der Waals surface area contributed by atoms with Crippen molar-refractivity contribution in [1.82, 2.24) is 4.57 Å². The van der Waals surface area contributed by atoms with Crippen LogP contribution in [0.1, 0.15) is 19.9 Å². The van der Waals surface area contributed by atoms with Crippen molar-refractivity contribution in [2.75, 3.05) is 0 Å². The third kappa shape index (κ3) is 2.43. The summed E-state index contributed by atoms with van der Waals surface area (Å²) in [6, 6.07) is 0.999. The number of aliphatic carboxylic acids is 1. The maximum atomic E-state index is 12.9. The van der Waals surface area contributed by atoms with Gasteiger partial charge in [0, 0.05) is 12.3 Å². The molecule has 0 aliphatic heterocycles. The lowest BCUT2D eigenvalue weighted by Gasteiger charge is -2.18. The second-order valence-corrected chi connectivity index (χ2v) is 3.62. The molecule has 0 aliphatic rings. The minimum atomic E-state index is -1.14. The smallest absolute Gasteiger partial charge is 0.327 e. The largest absolute Gasteiger partial charge is 0.480 e. The van der Waals surface area contributed by atoms with Gasteiger partial charge in [0.05, 0.1) is 0 Å². The Hall–Kier alpha value is -1.65. The highest BCUT2D eigenvalue weighted by Gasteiger charge is 2.24. The van der Waals surface area contributed by atoms with Gasteiger partial charge in [-0.25, -0.2) is 9.18 Å². The summed E-state index contributed by atoms with van der Waals surface area (Å²) in [5.41, 5.74) is -0.516. The first-order valence-electron chi connectivity index (χ1n) is 4.54. The number of hydrogen-bond donors (Lipinski definition) is 1. The van der Waals surface area contributed by atoms with E-state index in [1.165, 1.54) is 0 Å². The highest BCUT2D eigenvalue weighted by Crippen LogP contribution is 2.15. The Kier molecular flexibility index (Phi) is 3.24. The van der Waals surface area contributed by atoms with Gasteiger partial charge >= 0.3 is 5.97 Å². The minimum absolute atomic E-state index is 0.290. The minimum Gasteiger partial charge on any atom is -0.480 e. The number of halogens is 1. The van der Waals surface area contributed by atoms with Gasteiger partial charge in [-0.1, -0.05) is 13.8 Å². The molecule has 0 radical (unpaired) electrons. The van der Waals surface area contributed by atoms with E-state index in [-0.39, 0.29) is 5.92 Å². The van der Waals surface area contributed by atoms with Crippen molar-refractivity contribution in [3.63, 3.8) is 0 Å². The van der Waals surface area contributed by atoms with Crippen molar-refractivity contribution in [3.05, 3.63) is 34.5 Å². The van der Waals surface area contributed by atoms with E-state index >= 15 is 0 Å². The second-order valence-electron chi connectivity index (χ2n) is 3.62. The highest BCUT2D eigenvalue weighted by atomic mass is 19.1. The Labute approximate surface area is 86.0 Å². The lowest BCUT2D eigenvalue weighted by molar-refractivity contribution is -0.142. The number of nitrogens with zero attached hydrogens (tertiary/aromatic N) is 1. The van der Waals surface area contributed by atoms with Gasteiger partial charge in [0.15, 0.2) is 0 Å². The van der Waals surface area contributed by atoms with Crippen LogP contribution in [0.25, 0.3) is 0 Å². The van der Waals surface area contributed by atoms with E-state index in [1.807, 2.05) is 0 Å². The van der Waals surface area contributed by atoms with Gasteiger partial charge in [0.1, 0.15) is 11.9 Å². The number of carboxylic acids is 1. The molecule has 1 atom stereocenters. The standard InChI is InChI=1S/C10H12FNO3/c1-6(2)9(10(14)15)12-5-7(11)3-4-8(12)13/h3-6,9H,1-2H3,(H,14,15). The summed E-state index contributed by atoms with van der Waals surface area (Å²) < 4.78 is 13.8. The lowest BCUT2D eigenvalue weighted by Crippen LogP contribution is -2.32. The van der Waals surface area contributed by atoms with Crippen molar-refractivity contribution in [1.29, 1.82) is 0 Å². The second kappa shape index (κ2) is 4.25. The molecule has 0 saturated heterocycles. The van der Waals surface area contributed by atoms with Crippen LogP contribution in [-0.2, 0) is 4.79 Å². The van der Waals surface area contributed by atoms with Gasteiger partial charge in [-0.3, -0.25) is 9.36 Å². The Morgan fingerprint density at radius 3 is 2.53 bits per heavy atom. The van der Waals surface area contributed by atoms with Crippen LogP contribution >= 0.6 is 0 Å². The van der Waals surface area contributed by atoms with Gasteiger partial charge in [-0.05, 0) is 12.0 Å². The summed E-state index contributed by atoms with van der Waals surface area (Å²) in [5.74, 6) is -2.05. The summed E-state index contributed by atoms with van der Waals surface area (Å²) in [6.45, 7) is 3.33. The molecule has 82 valence electrons. The van der Waals surface area contributed by atoms with E-state index in [1.54, 1.807) is 13.8 Å². The van der Waals surface area contributed by atoms with Crippen LogP contribution in [-0.4, -0.2) is 15.6 Å². The molecule has 1 heterocycles. The average molecular weight is 213 g/mol. The normalized spacial score (nSPS) is 12.8. The van der Waals surface area contributed by atoms with Crippen LogP contribution in [0.15, 0.2) is 23.1 Å². The fourth-order valence-corrected chi connectivity index (χ4v) is 1.42. The SMILES string of the molecule is CC(C)C(C(=O)O)n1cc(F)ccc1=O. The molecular formula is C10H12FNO3. The molecule has 5 heteroatoms. The number of carbonyl (C=O) groups is 1. The summed E-state index contributed by atoms with van der Waals surface area (Å²) in [5, 5.41) is 8.93. The molecule has 0 bridgehead atoms. The van der Waals surface area contributed by atoms with E-state index in [4.69, 9.17) is 5.11 Å². The maximum Gasteiger partial charge on any atom is 0.327 e. The van der Waals surface area contributed by atoms with Gasteiger partial charge in [-0.15, -0.1) is 0 Å². The zero-order valence-corrected chi connectivity index (χ0v) is 8.48. The quantitative estimate of drug-likeness (QED) is 0.822. The molecule has 1 unspecified atom stereocenters. The first-order chi connectivity index (χ1) is 6.93. The van der Waals surface area contributed by atoms with E-state index in [2.05, 4.69) is 0 Å². The number of rotatable bonds is 3. The summed E-state index contributed by atoms with van der Waals surface area (Å²) in [6.07, 6.45) is 0.918. The molecule has 1 rings (SSSR count). The fraction of sp³-hybridized carbons (Fsp3) is 0.400. The summed E-state index contributed by atoms with van der Waals surface area (Å²) in [4.78, 5) is 22.3. The molecule has 0 aromatic carbocycles. The topological polar surface area (TPSA) is 59.3 Å². The molecular weight excluding hydrogens is 201 g/mol. The first-order valence-corrected chi connectivity index (χ1v) is 4.54. The molecule has 0 saturated carbocycles. The Morgan fingerprint density at radius 1 is 1.47 bits per heavy atom. The van der Waals surface area contributed by atoms with Crippen LogP contribution < -0.4 is 5.56 Å². The van der Waals surface area contributed by atoms with E-state index in [9.17, 15) is 14.0 Å². The number of carboxylic acid groups (broad SMARTS) is 1. The Bertz CT molecular complexity index is 425. The van der Waals surface area contributed by atoms with E-state index < -0.39 is 23.4 Å². The van der Waals surface area contributed by atoms with Gasteiger partial charge in [0.2, 0.25) is 0 Å². The molecule has 0 aliphatic carbocycles. The monoisotopic (exact) mass is 213 g/mol. The van der Waals surface area contributed by atoms with Crippen molar-refractivity contribution in [2.24, 2.45) is 5.92 Å². The van der Waals surface area contributed by atoms with Gasteiger partial charge < -0.3 is 5.11 Å². The predicted molar refractivity (Wildman–Crippen MR) is 52.2 cm³/mol. The van der Waals surface area contributed by atoms with Crippen molar-refractivity contribution in [3.8, 4) is 0 Å². The van der Waals surface area contributed by atoms with Crippen molar-refractivity contribution < 1.29 is 14.3 Å². The van der Waals surface area contributed by atoms with Crippen LogP contribution in [0.2, 0.25) is 0 Å². The molecule has 0 fully saturated rings. The molecule has 1 aromatic rings. The zero-order chi connectivity index (χ0) is 11.6. The fourth-order valence-electron chi connectivity index (χ4n) is 1.42. The third-order valence-corrected chi connectivity index (χ3v) is 2.09. The third-order valence-electron chi connectivity index (χ3n) is 2.09. The molecule has 4 nitrogen and oxygen atoms in total. The van der Waals surface area contributed by atoms with Crippen LogP contribution in [0, 0.1) is 11.7 Å². The number of hydrogen-bond acceptors (Lipinski definition) is 2.